The topological polar surface area (TPSA) is 81.8 Å². The molecule has 1 aromatic carbocycles. The van der Waals surface area contributed by atoms with Gasteiger partial charge in [-0.05, 0) is 63.5 Å². The van der Waals surface area contributed by atoms with Gasteiger partial charge in [0.2, 0.25) is 11.8 Å². The molecule has 0 spiro atoms. The zero-order chi connectivity index (χ0) is 25.4. The van der Waals surface area contributed by atoms with E-state index in [1.807, 2.05) is 12.1 Å². The van der Waals surface area contributed by atoms with E-state index in [0.29, 0.717) is 18.5 Å². The number of carbonyl (C=O) groups is 3. The number of halogens is 2. The second kappa shape index (κ2) is 10.4. The summed E-state index contributed by atoms with van der Waals surface area (Å²) in [6.07, 6.45) is 5.37. The van der Waals surface area contributed by atoms with Crippen LogP contribution in [0.25, 0.3) is 0 Å². The summed E-state index contributed by atoms with van der Waals surface area (Å²) in [4.78, 5) is 41.5. The first kappa shape index (κ1) is 25.1. The monoisotopic (exact) mass is 502 g/mol. The van der Waals surface area contributed by atoms with E-state index in [9.17, 15) is 23.2 Å². The number of fused-ring (bicyclic) bond motifs is 1. The highest BCUT2D eigenvalue weighted by molar-refractivity contribution is 6.06. The lowest BCUT2D eigenvalue weighted by molar-refractivity contribution is -0.136. The van der Waals surface area contributed by atoms with Gasteiger partial charge in [0, 0.05) is 48.4 Å². The van der Waals surface area contributed by atoms with Gasteiger partial charge in [-0.25, -0.2) is 8.78 Å². The molecule has 2 unspecified atom stereocenters. The molecule has 4 aliphatic rings. The molecule has 36 heavy (non-hydrogen) atoms. The summed E-state index contributed by atoms with van der Waals surface area (Å²) in [6, 6.07) is 4.78. The van der Waals surface area contributed by atoms with Gasteiger partial charge in [0.15, 0.2) is 0 Å². The van der Waals surface area contributed by atoms with Gasteiger partial charge in [-0.2, -0.15) is 0 Å². The summed E-state index contributed by atoms with van der Waals surface area (Å²) in [5.74, 6) is -0.0862. The van der Waals surface area contributed by atoms with Crippen molar-refractivity contribution in [3.63, 3.8) is 0 Å². The van der Waals surface area contributed by atoms with Crippen molar-refractivity contribution in [3.8, 4) is 0 Å². The van der Waals surface area contributed by atoms with Crippen molar-refractivity contribution in [1.29, 1.82) is 0 Å². The predicted molar refractivity (Wildman–Crippen MR) is 132 cm³/mol. The number of anilines is 1. The van der Waals surface area contributed by atoms with Crippen molar-refractivity contribution in [3.05, 3.63) is 29.3 Å². The maximum Gasteiger partial charge on any atom is 0.255 e. The number of nitrogens with one attached hydrogen (secondary N) is 2. The number of nitrogens with zero attached hydrogens (tertiary/aromatic N) is 2. The molecule has 7 nitrogen and oxygen atoms in total. The Balaban J connectivity index is 1.34. The lowest BCUT2D eigenvalue weighted by atomic mass is 9.88. The molecule has 1 aromatic rings. The third kappa shape index (κ3) is 5.26. The molecule has 196 valence electrons. The minimum Gasteiger partial charge on any atom is -0.368 e. The Hall–Kier alpha value is -2.55. The van der Waals surface area contributed by atoms with E-state index < -0.39 is 24.4 Å². The number of imide groups is 1. The molecule has 2 heterocycles. The Bertz CT molecular complexity index is 1010. The second-order valence-corrected chi connectivity index (χ2v) is 10.9. The van der Waals surface area contributed by atoms with E-state index in [0.717, 1.165) is 55.8 Å². The van der Waals surface area contributed by atoms with Gasteiger partial charge in [0.1, 0.15) is 6.04 Å². The zero-order valence-corrected chi connectivity index (χ0v) is 20.8. The van der Waals surface area contributed by atoms with Crippen molar-refractivity contribution in [2.45, 2.75) is 102 Å². The lowest BCUT2D eigenvalue weighted by Crippen LogP contribution is -2.52. The maximum atomic E-state index is 13.3. The molecule has 5 rings (SSSR count). The predicted octanol–water partition coefficient (Wildman–Crippen LogP) is 3.61. The third-order valence-electron chi connectivity index (χ3n) is 8.36. The normalized spacial score (nSPS) is 27.3. The highest BCUT2D eigenvalue weighted by Gasteiger charge is 2.41. The van der Waals surface area contributed by atoms with E-state index in [4.69, 9.17) is 0 Å². The molecule has 2 aliphatic heterocycles. The molecule has 9 heteroatoms. The first-order chi connectivity index (χ1) is 17.3. The highest BCUT2D eigenvalue weighted by atomic mass is 19.3. The van der Waals surface area contributed by atoms with Gasteiger partial charge in [-0.15, -0.1) is 0 Å². The van der Waals surface area contributed by atoms with Crippen LogP contribution in [0.4, 0.5) is 14.5 Å². The number of amides is 3. The average Bonchev–Trinajstić information content (AvgIpc) is 3.62. The minimum atomic E-state index is -2.37. The van der Waals surface area contributed by atoms with Gasteiger partial charge in [-0.3, -0.25) is 19.7 Å². The molecule has 2 N–H and O–H groups in total. The van der Waals surface area contributed by atoms with Crippen LogP contribution in [0.2, 0.25) is 0 Å². The molecule has 1 saturated heterocycles. The van der Waals surface area contributed by atoms with E-state index in [2.05, 4.69) is 21.6 Å². The van der Waals surface area contributed by atoms with Crippen molar-refractivity contribution in [2.24, 2.45) is 5.92 Å². The minimum absolute atomic E-state index is 0.0987. The van der Waals surface area contributed by atoms with Crippen molar-refractivity contribution in [1.82, 2.24) is 15.5 Å². The quantitative estimate of drug-likeness (QED) is 0.505. The first-order valence-electron chi connectivity index (χ1n) is 13.4. The number of rotatable bonds is 9. The number of alkyl halides is 2. The molecule has 2 aliphatic carbocycles. The fourth-order valence-corrected chi connectivity index (χ4v) is 6.06. The molecule has 3 fully saturated rings. The fourth-order valence-electron chi connectivity index (χ4n) is 6.06. The van der Waals surface area contributed by atoms with Crippen molar-refractivity contribution >= 4 is 23.4 Å². The van der Waals surface area contributed by atoms with Crippen LogP contribution in [-0.4, -0.2) is 59.8 Å². The number of carbonyl (C=O) groups excluding carboxylic acids is 3. The number of hydrogen-bond donors (Lipinski definition) is 2. The average molecular weight is 503 g/mol. The molecule has 2 saturated carbocycles. The van der Waals surface area contributed by atoms with E-state index >= 15 is 0 Å². The molecule has 0 bridgehead atoms. The van der Waals surface area contributed by atoms with E-state index in [1.165, 1.54) is 19.8 Å². The molecule has 0 aromatic heterocycles. The summed E-state index contributed by atoms with van der Waals surface area (Å²) in [5.41, 5.74) is 2.64. The summed E-state index contributed by atoms with van der Waals surface area (Å²) in [6.45, 7) is 2.81. The van der Waals surface area contributed by atoms with Crippen molar-refractivity contribution in [2.75, 3.05) is 11.4 Å². The smallest absolute Gasteiger partial charge is 0.255 e. The summed E-state index contributed by atoms with van der Waals surface area (Å²) in [5, 5.41) is 5.46. The van der Waals surface area contributed by atoms with Gasteiger partial charge >= 0.3 is 0 Å². The number of hydrogen-bond acceptors (Lipinski definition) is 5. The van der Waals surface area contributed by atoms with Gasteiger partial charge < -0.3 is 15.1 Å². The Labute approximate surface area is 211 Å². The van der Waals surface area contributed by atoms with Crippen molar-refractivity contribution < 1.29 is 23.2 Å². The Morgan fingerprint density at radius 1 is 1.08 bits per heavy atom. The number of benzene rings is 1. The molecule has 3 amide bonds. The lowest BCUT2D eigenvalue weighted by Gasteiger charge is -2.40. The van der Waals surface area contributed by atoms with Crippen LogP contribution in [0, 0.1) is 5.92 Å². The maximum absolute atomic E-state index is 13.3. The molecular formula is C27H36F2N4O3. The second-order valence-electron chi connectivity index (χ2n) is 10.9. The first-order valence-corrected chi connectivity index (χ1v) is 13.4. The van der Waals surface area contributed by atoms with Crippen LogP contribution >= 0.6 is 0 Å². The van der Waals surface area contributed by atoms with Crippen LogP contribution in [0.1, 0.15) is 80.6 Å². The molecule has 0 radical (unpaired) electrons. The largest absolute Gasteiger partial charge is 0.368 e. The summed E-state index contributed by atoms with van der Waals surface area (Å²) >= 11 is 0. The Morgan fingerprint density at radius 3 is 2.50 bits per heavy atom. The fraction of sp³-hybridized carbons (Fsp3) is 0.667. The van der Waals surface area contributed by atoms with Crippen LogP contribution in [-0.2, 0) is 16.1 Å². The van der Waals surface area contributed by atoms with Gasteiger partial charge in [0.25, 0.3) is 12.3 Å². The SMILES string of the molecule is CC(NC1CCC(N(CCC2CC2)c2cccc3c2CN(C2CCC(=O)NC2=O)C3=O)CC1)C(F)F. The summed E-state index contributed by atoms with van der Waals surface area (Å²) < 4.78 is 26.0. The van der Waals surface area contributed by atoms with E-state index in [-0.39, 0.29) is 30.3 Å². The van der Waals surface area contributed by atoms with Gasteiger partial charge in [-0.1, -0.05) is 18.9 Å². The zero-order valence-electron chi connectivity index (χ0n) is 20.8. The third-order valence-corrected chi connectivity index (χ3v) is 8.36. The van der Waals surface area contributed by atoms with E-state index in [1.54, 1.807) is 4.90 Å². The molecular weight excluding hydrogens is 466 g/mol. The Kier molecular flexibility index (Phi) is 7.28. The summed E-state index contributed by atoms with van der Waals surface area (Å²) in [7, 11) is 0. The van der Waals surface area contributed by atoms with Gasteiger partial charge in [0.05, 0.1) is 6.04 Å². The van der Waals surface area contributed by atoms with Crippen LogP contribution < -0.4 is 15.5 Å². The van der Waals surface area contributed by atoms with Crippen LogP contribution in [0.5, 0.6) is 0 Å². The van der Waals surface area contributed by atoms with Crippen LogP contribution in [0.15, 0.2) is 18.2 Å². The molecule has 2 atom stereocenters. The number of piperidine rings is 1. The van der Waals surface area contributed by atoms with Crippen LogP contribution in [0.3, 0.4) is 0 Å². The standard InChI is InChI=1S/C27H36F2N4O3/c1-16(25(28)29)30-18-7-9-19(10-8-18)32(14-13-17-5-6-17)22-4-2-3-20-21(22)15-33(27(20)36)23-11-12-24(34)31-26(23)35/h2-4,16-19,23,25,30H,5-15H2,1H3,(H,31,34,35). The highest BCUT2D eigenvalue weighted by Crippen LogP contribution is 2.39. The Morgan fingerprint density at radius 2 is 1.83 bits per heavy atom.